The molecule has 0 fully saturated rings. The lowest BCUT2D eigenvalue weighted by molar-refractivity contribution is 0.975. The quantitative estimate of drug-likeness (QED) is 0.661. The third-order valence-corrected chi connectivity index (χ3v) is 3.56. The molecule has 0 aliphatic heterocycles. The molecule has 2 aromatic carbocycles. The molecular weight excluding hydrogens is 204 g/mol. The van der Waals surface area contributed by atoms with Crippen molar-refractivity contribution in [2.45, 2.75) is 19.8 Å². The predicted molar refractivity (Wildman–Crippen MR) is 73.1 cm³/mol. The molecule has 0 heterocycles. The van der Waals surface area contributed by atoms with Crippen LogP contribution in [0.2, 0.25) is 0 Å². The number of hydrogen-bond donors (Lipinski definition) is 0. The lowest BCUT2D eigenvalue weighted by atomic mass is 9.89. The van der Waals surface area contributed by atoms with Crippen LogP contribution in [0.15, 0.2) is 54.1 Å². The Bertz CT molecular complexity index is 573. The highest BCUT2D eigenvalue weighted by molar-refractivity contribution is 5.68. The zero-order valence-corrected chi connectivity index (χ0v) is 10.3. The summed E-state index contributed by atoms with van der Waals surface area (Å²) >= 11 is 0. The van der Waals surface area contributed by atoms with Crippen molar-refractivity contribution in [3.05, 3.63) is 76.4 Å². The fourth-order valence-corrected chi connectivity index (χ4v) is 2.68. The first-order valence-electron chi connectivity index (χ1n) is 6.09. The minimum absolute atomic E-state index is 0.451. The highest BCUT2D eigenvalue weighted by Gasteiger charge is 2.23. The van der Waals surface area contributed by atoms with Crippen LogP contribution in [0.1, 0.15) is 35.1 Å². The van der Waals surface area contributed by atoms with Crippen molar-refractivity contribution in [2.24, 2.45) is 0 Å². The fourth-order valence-electron chi connectivity index (χ4n) is 2.68. The Morgan fingerprint density at radius 1 is 0.824 bits per heavy atom. The molecule has 0 aromatic heterocycles. The van der Waals surface area contributed by atoms with Crippen molar-refractivity contribution in [3.63, 3.8) is 0 Å². The van der Waals surface area contributed by atoms with Crippen LogP contribution in [0.3, 0.4) is 0 Å². The second-order valence-corrected chi connectivity index (χ2v) is 4.86. The highest BCUT2D eigenvalue weighted by Crippen LogP contribution is 2.40. The van der Waals surface area contributed by atoms with Crippen LogP contribution < -0.4 is 0 Å². The van der Waals surface area contributed by atoms with Crippen molar-refractivity contribution < 1.29 is 0 Å². The van der Waals surface area contributed by atoms with Gasteiger partial charge >= 0.3 is 0 Å². The van der Waals surface area contributed by atoms with Crippen LogP contribution in [0.5, 0.6) is 0 Å². The van der Waals surface area contributed by atoms with E-state index in [1.165, 1.54) is 27.8 Å². The van der Waals surface area contributed by atoms with Gasteiger partial charge in [-0.25, -0.2) is 0 Å². The number of fused-ring (bicyclic) bond motifs is 1. The second-order valence-electron chi connectivity index (χ2n) is 4.86. The van der Waals surface area contributed by atoms with Gasteiger partial charge in [-0.15, -0.1) is 0 Å². The van der Waals surface area contributed by atoms with Crippen LogP contribution in [0.4, 0.5) is 0 Å². The van der Waals surface area contributed by atoms with Gasteiger partial charge in [0.25, 0.3) is 0 Å². The summed E-state index contributed by atoms with van der Waals surface area (Å²) < 4.78 is 0. The number of benzene rings is 2. The average Bonchev–Trinajstić information content (AvgIpc) is 2.66. The van der Waals surface area contributed by atoms with E-state index in [0.29, 0.717) is 5.92 Å². The molecule has 0 bridgehead atoms. The van der Waals surface area contributed by atoms with Crippen LogP contribution >= 0.6 is 0 Å². The molecule has 0 amide bonds. The Kier molecular flexibility index (Phi) is 2.36. The van der Waals surface area contributed by atoms with E-state index in [0.717, 1.165) is 0 Å². The maximum absolute atomic E-state index is 2.31. The fraction of sp³-hybridized carbons (Fsp3) is 0.176. The molecule has 3 rings (SSSR count). The molecule has 0 radical (unpaired) electrons. The third kappa shape index (κ3) is 1.70. The van der Waals surface area contributed by atoms with Gasteiger partial charge in [-0.2, -0.15) is 0 Å². The van der Waals surface area contributed by atoms with Crippen molar-refractivity contribution in [1.29, 1.82) is 0 Å². The Morgan fingerprint density at radius 2 is 1.53 bits per heavy atom. The van der Waals surface area contributed by atoms with Gasteiger partial charge in [0.15, 0.2) is 0 Å². The van der Waals surface area contributed by atoms with Gasteiger partial charge in [0, 0.05) is 5.92 Å². The lowest BCUT2D eigenvalue weighted by Crippen LogP contribution is -1.99. The summed E-state index contributed by atoms with van der Waals surface area (Å²) in [6.45, 7) is 4.36. The molecule has 84 valence electrons. The smallest absolute Gasteiger partial charge is 0.0305 e. The minimum Gasteiger partial charge on any atom is -0.0619 e. The van der Waals surface area contributed by atoms with E-state index in [-0.39, 0.29) is 0 Å². The predicted octanol–water partition coefficient (Wildman–Crippen LogP) is 4.54. The van der Waals surface area contributed by atoms with Gasteiger partial charge in [0.2, 0.25) is 0 Å². The maximum atomic E-state index is 2.31. The molecule has 0 N–H and O–H groups in total. The van der Waals surface area contributed by atoms with Crippen LogP contribution in [0.25, 0.3) is 6.08 Å². The van der Waals surface area contributed by atoms with E-state index in [9.17, 15) is 0 Å². The molecule has 0 nitrogen and oxygen atoms in total. The molecule has 17 heavy (non-hydrogen) atoms. The second kappa shape index (κ2) is 3.89. The van der Waals surface area contributed by atoms with Crippen LogP contribution in [-0.2, 0) is 0 Å². The first-order chi connectivity index (χ1) is 8.25. The molecular formula is C17H16. The van der Waals surface area contributed by atoms with Gasteiger partial charge in [0.05, 0.1) is 0 Å². The Morgan fingerprint density at radius 3 is 2.29 bits per heavy atom. The van der Waals surface area contributed by atoms with Gasteiger partial charge in [-0.3, -0.25) is 0 Å². The SMILES string of the molecule is CC1=Cc2ccccc2C1c1ccc(C)cc1. The molecule has 1 aliphatic rings. The molecule has 1 aliphatic carbocycles. The van der Waals surface area contributed by atoms with Gasteiger partial charge in [-0.05, 0) is 30.5 Å². The monoisotopic (exact) mass is 220 g/mol. The van der Waals surface area contributed by atoms with Crippen molar-refractivity contribution in [3.8, 4) is 0 Å². The largest absolute Gasteiger partial charge is 0.0619 e. The third-order valence-electron chi connectivity index (χ3n) is 3.56. The normalized spacial score (nSPS) is 17.8. The van der Waals surface area contributed by atoms with E-state index in [2.05, 4.69) is 68.5 Å². The van der Waals surface area contributed by atoms with E-state index in [1.807, 2.05) is 0 Å². The highest BCUT2D eigenvalue weighted by atomic mass is 14.3. The zero-order chi connectivity index (χ0) is 11.8. The molecule has 0 spiro atoms. The molecule has 1 atom stereocenters. The summed E-state index contributed by atoms with van der Waals surface area (Å²) in [5.74, 6) is 0.451. The average molecular weight is 220 g/mol. The molecule has 1 unspecified atom stereocenters. The summed E-state index contributed by atoms with van der Waals surface area (Å²) in [5.41, 5.74) is 6.97. The van der Waals surface area contributed by atoms with Crippen molar-refractivity contribution >= 4 is 6.08 Å². The van der Waals surface area contributed by atoms with Crippen LogP contribution in [0, 0.1) is 6.92 Å². The molecule has 0 saturated carbocycles. The topological polar surface area (TPSA) is 0 Å². The molecule has 0 saturated heterocycles. The van der Waals surface area contributed by atoms with Crippen molar-refractivity contribution in [2.75, 3.05) is 0 Å². The lowest BCUT2D eigenvalue weighted by Gasteiger charge is -2.15. The van der Waals surface area contributed by atoms with E-state index in [4.69, 9.17) is 0 Å². The first-order valence-corrected chi connectivity index (χ1v) is 6.09. The molecule has 0 heteroatoms. The number of aryl methyl sites for hydroxylation is 1. The van der Waals surface area contributed by atoms with E-state index >= 15 is 0 Å². The minimum atomic E-state index is 0.451. The standard InChI is InChI=1S/C17H16/c1-12-7-9-14(10-8-12)17-13(2)11-15-5-3-4-6-16(15)17/h3-11,17H,1-2H3. The number of rotatable bonds is 1. The Labute approximate surface area is 103 Å². The van der Waals surface area contributed by atoms with E-state index in [1.54, 1.807) is 0 Å². The number of allylic oxidation sites excluding steroid dienone is 1. The summed E-state index contributed by atoms with van der Waals surface area (Å²) in [7, 11) is 0. The Balaban J connectivity index is 2.10. The zero-order valence-electron chi connectivity index (χ0n) is 10.3. The van der Waals surface area contributed by atoms with Gasteiger partial charge in [-0.1, -0.05) is 65.7 Å². The summed E-state index contributed by atoms with van der Waals surface area (Å²) in [4.78, 5) is 0. The summed E-state index contributed by atoms with van der Waals surface area (Å²) in [6, 6.07) is 17.6. The molecule has 2 aromatic rings. The first kappa shape index (κ1) is 10.3. The summed E-state index contributed by atoms with van der Waals surface area (Å²) in [6.07, 6.45) is 2.31. The summed E-state index contributed by atoms with van der Waals surface area (Å²) in [5, 5.41) is 0. The van der Waals surface area contributed by atoms with E-state index < -0.39 is 0 Å². The maximum Gasteiger partial charge on any atom is 0.0305 e. The Hall–Kier alpha value is -1.82. The van der Waals surface area contributed by atoms with Crippen molar-refractivity contribution in [1.82, 2.24) is 0 Å². The van der Waals surface area contributed by atoms with Gasteiger partial charge < -0.3 is 0 Å². The number of hydrogen-bond acceptors (Lipinski definition) is 0. The van der Waals surface area contributed by atoms with Crippen LogP contribution in [-0.4, -0.2) is 0 Å². The van der Waals surface area contributed by atoms with Gasteiger partial charge in [0.1, 0.15) is 0 Å².